The molecule has 0 aliphatic carbocycles. The molecule has 3 aliphatic rings. The number of β-lactam (4-membered cyclic amide) rings is 1. The van der Waals surface area contributed by atoms with Crippen LogP contribution in [0.4, 0.5) is 4.79 Å². The van der Waals surface area contributed by atoms with E-state index in [1.165, 1.54) is 11.9 Å². The second-order valence-electron chi connectivity index (χ2n) is 9.80. The Kier molecular flexibility index (Phi) is 4.44. The Morgan fingerprint density at radius 3 is 1.84 bits per heavy atom. The van der Waals surface area contributed by atoms with Gasteiger partial charge in [-0.3, -0.25) is 24.1 Å². The Morgan fingerprint density at radius 2 is 1.42 bits per heavy atom. The van der Waals surface area contributed by atoms with Gasteiger partial charge in [-0.25, -0.2) is 9.69 Å². The van der Waals surface area contributed by atoms with Crippen LogP contribution < -0.4 is 0 Å². The Morgan fingerprint density at radius 1 is 0.903 bits per heavy atom. The molecule has 3 aliphatic heterocycles. The number of benzene rings is 1. The lowest BCUT2D eigenvalue weighted by molar-refractivity contribution is -0.158. The molecular weight excluding hydrogens is 416 g/mol. The third-order valence-corrected chi connectivity index (χ3v) is 12.4. The minimum Gasteiger partial charge on any atom is -0.345 e. The normalized spacial score (nSPS) is 24.4. The fourth-order valence-corrected chi connectivity index (χ4v) is 6.61. The topological polar surface area (TPSA) is 98.3 Å². The summed E-state index contributed by atoms with van der Waals surface area (Å²) in [6, 6.07) is 4.63. The Bertz CT molecular complexity index is 1010. The predicted molar refractivity (Wildman–Crippen MR) is 113 cm³/mol. The fourth-order valence-electron chi connectivity index (χ4n) is 4.29. The third kappa shape index (κ3) is 2.70. The standard InChI is InChI=1S/C21H26N4O5Si/c1-21(2,3)31(5,6)25-16(23-14(26)11-22(4)20(23)30)15(19(25)29)24-17(27)12-9-7-8-10-13(12)18(24)28/h7-10,15-16H,11H2,1-6H3/t15-,16+/m0/s1. The molecule has 2 atom stereocenters. The molecule has 2 fully saturated rings. The van der Waals surface area contributed by atoms with E-state index in [2.05, 4.69) is 0 Å². The summed E-state index contributed by atoms with van der Waals surface area (Å²) in [6.07, 6.45) is -0.999. The van der Waals surface area contributed by atoms with E-state index in [1.807, 2.05) is 33.9 Å². The van der Waals surface area contributed by atoms with Crippen molar-refractivity contribution in [2.24, 2.45) is 0 Å². The van der Waals surface area contributed by atoms with E-state index >= 15 is 0 Å². The number of amides is 6. The van der Waals surface area contributed by atoms with Gasteiger partial charge in [-0.05, 0) is 17.2 Å². The lowest BCUT2D eigenvalue weighted by atomic mass is 10.0. The number of rotatable bonds is 3. The summed E-state index contributed by atoms with van der Waals surface area (Å²) in [5, 5.41) is -0.272. The lowest BCUT2D eigenvalue weighted by Gasteiger charge is -2.60. The van der Waals surface area contributed by atoms with Crippen molar-refractivity contribution in [3.8, 4) is 0 Å². The molecule has 1 aromatic carbocycles. The van der Waals surface area contributed by atoms with Crippen molar-refractivity contribution in [2.75, 3.05) is 13.6 Å². The summed E-state index contributed by atoms with van der Waals surface area (Å²) in [6.45, 7) is 9.91. The van der Waals surface area contributed by atoms with Gasteiger partial charge in [-0.1, -0.05) is 46.0 Å². The zero-order chi connectivity index (χ0) is 23.0. The monoisotopic (exact) mass is 442 g/mol. The molecule has 0 spiro atoms. The minimum atomic E-state index is -2.54. The van der Waals surface area contributed by atoms with Gasteiger partial charge in [0, 0.05) is 7.05 Å². The molecule has 6 amide bonds. The van der Waals surface area contributed by atoms with Crippen molar-refractivity contribution in [2.45, 2.75) is 51.1 Å². The van der Waals surface area contributed by atoms with E-state index in [0.717, 1.165) is 9.80 Å². The molecule has 31 heavy (non-hydrogen) atoms. The number of nitrogens with zero attached hydrogens (tertiary/aromatic N) is 4. The number of likely N-dealkylation sites (N-methyl/N-ethyl adjacent to an activating group) is 1. The van der Waals surface area contributed by atoms with Gasteiger partial charge in [0.25, 0.3) is 17.7 Å². The second-order valence-corrected chi connectivity index (χ2v) is 14.9. The van der Waals surface area contributed by atoms with Crippen LogP contribution in [0.1, 0.15) is 41.5 Å². The largest absolute Gasteiger partial charge is 0.345 e. The highest BCUT2D eigenvalue weighted by Crippen LogP contribution is 2.46. The van der Waals surface area contributed by atoms with Crippen LogP contribution in [0.3, 0.4) is 0 Å². The van der Waals surface area contributed by atoms with Crippen LogP contribution in [0.25, 0.3) is 0 Å². The van der Waals surface area contributed by atoms with E-state index in [0.29, 0.717) is 0 Å². The molecule has 10 heteroatoms. The van der Waals surface area contributed by atoms with Crippen molar-refractivity contribution in [3.63, 3.8) is 0 Å². The smallest absolute Gasteiger partial charge is 0.328 e. The summed E-state index contributed by atoms with van der Waals surface area (Å²) in [5.74, 6) is -2.01. The molecular formula is C21H26N4O5Si. The number of carbonyl (C=O) groups excluding carboxylic acids is 5. The maximum Gasteiger partial charge on any atom is 0.328 e. The number of urea groups is 1. The van der Waals surface area contributed by atoms with Crippen molar-refractivity contribution in [1.82, 2.24) is 19.3 Å². The van der Waals surface area contributed by atoms with Crippen molar-refractivity contribution in [1.29, 1.82) is 0 Å². The maximum absolute atomic E-state index is 13.5. The summed E-state index contributed by atoms with van der Waals surface area (Å²) in [4.78, 5) is 68.5. The van der Waals surface area contributed by atoms with Crippen molar-refractivity contribution in [3.05, 3.63) is 35.4 Å². The zero-order valence-electron chi connectivity index (χ0n) is 18.5. The van der Waals surface area contributed by atoms with Crippen LogP contribution in [-0.4, -0.2) is 83.0 Å². The molecule has 9 nitrogen and oxygen atoms in total. The predicted octanol–water partition coefficient (Wildman–Crippen LogP) is 1.72. The van der Waals surface area contributed by atoms with Crippen molar-refractivity contribution < 1.29 is 24.0 Å². The molecule has 3 heterocycles. The van der Waals surface area contributed by atoms with Crippen molar-refractivity contribution >= 4 is 37.9 Å². The Hall–Kier alpha value is -3.01. The van der Waals surface area contributed by atoms with E-state index in [-0.39, 0.29) is 22.7 Å². The van der Waals surface area contributed by atoms with Gasteiger partial charge in [0.15, 0.2) is 14.3 Å². The number of carbonyl (C=O) groups is 5. The van der Waals surface area contributed by atoms with Crippen LogP contribution in [0.15, 0.2) is 24.3 Å². The summed E-state index contributed by atoms with van der Waals surface area (Å²) < 4.78 is 1.61. The zero-order valence-corrected chi connectivity index (χ0v) is 19.5. The summed E-state index contributed by atoms with van der Waals surface area (Å²) in [7, 11) is -1.03. The maximum atomic E-state index is 13.5. The first kappa shape index (κ1) is 21.2. The number of imide groups is 2. The van der Waals surface area contributed by atoms with Gasteiger partial charge in [0.1, 0.15) is 12.7 Å². The molecule has 0 unspecified atom stereocenters. The van der Waals surface area contributed by atoms with Gasteiger partial charge in [-0.15, -0.1) is 0 Å². The SMILES string of the molecule is CN1CC(=O)N([C@H]2[C@H](N3C(=O)c4ccccc4C3=O)C(=O)N2[Si](C)(C)C(C)(C)C)C1=O. The van der Waals surface area contributed by atoms with Gasteiger partial charge in [0.05, 0.1) is 11.1 Å². The molecule has 4 rings (SSSR count). The van der Waals surface area contributed by atoms with Crippen LogP contribution in [0, 0.1) is 0 Å². The molecule has 1 aromatic rings. The first-order valence-corrected chi connectivity index (χ1v) is 13.1. The van der Waals surface area contributed by atoms with Gasteiger partial charge in [-0.2, -0.15) is 0 Å². The van der Waals surface area contributed by atoms with Gasteiger partial charge in [0.2, 0.25) is 5.91 Å². The average Bonchev–Trinajstić information content (AvgIpc) is 3.06. The highest BCUT2D eigenvalue weighted by Gasteiger charge is 2.66. The summed E-state index contributed by atoms with van der Waals surface area (Å²) in [5.41, 5.74) is 0.446. The molecule has 0 saturated carbocycles. The highest BCUT2D eigenvalue weighted by molar-refractivity contribution is 6.80. The van der Waals surface area contributed by atoms with Crippen LogP contribution in [-0.2, 0) is 9.59 Å². The van der Waals surface area contributed by atoms with E-state index in [9.17, 15) is 24.0 Å². The second kappa shape index (κ2) is 6.49. The number of hydrogen-bond acceptors (Lipinski definition) is 5. The molecule has 0 radical (unpaired) electrons. The highest BCUT2D eigenvalue weighted by atomic mass is 28.3. The lowest BCUT2D eigenvalue weighted by Crippen LogP contribution is -2.83. The van der Waals surface area contributed by atoms with E-state index < -0.39 is 50.1 Å². The van der Waals surface area contributed by atoms with Crippen LogP contribution in [0.5, 0.6) is 0 Å². The Labute approximate surface area is 181 Å². The van der Waals surface area contributed by atoms with E-state index in [4.69, 9.17) is 0 Å². The quantitative estimate of drug-likeness (QED) is 0.307. The third-order valence-electron chi connectivity index (χ3n) is 7.02. The molecule has 164 valence electrons. The minimum absolute atomic E-state index is 0.107. The Balaban J connectivity index is 1.81. The molecule has 0 bridgehead atoms. The van der Waals surface area contributed by atoms with Crippen LogP contribution >= 0.6 is 0 Å². The number of fused-ring (bicyclic) bond motifs is 1. The van der Waals surface area contributed by atoms with E-state index in [1.54, 1.807) is 28.8 Å². The van der Waals surface area contributed by atoms with Gasteiger partial charge < -0.3 is 9.47 Å². The first-order chi connectivity index (χ1) is 14.3. The molecule has 0 N–H and O–H groups in total. The molecule has 0 aromatic heterocycles. The number of hydrogen-bond donors (Lipinski definition) is 0. The fraction of sp³-hybridized carbons (Fsp3) is 0.476. The van der Waals surface area contributed by atoms with Gasteiger partial charge >= 0.3 is 6.03 Å². The molecule has 2 saturated heterocycles. The average molecular weight is 443 g/mol. The summed E-state index contributed by atoms with van der Waals surface area (Å²) >= 11 is 0. The van der Waals surface area contributed by atoms with Crippen LogP contribution in [0.2, 0.25) is 18.1 Å². The first-order valence-electron chi connectivity index (χ1n) is 10.2.